The highest BCUT2D eigenvalue weighted by Crippen LogP contribution is 2.27. The Balaban J connectivity index is 1.87. The molecule has 1 N–H and O–H groups in total. The van der Waals surface area contributed by atoms with Crippen molar-refractivity contribution in [2.24, 2.45) is 0 Å². The van der Waals surface area contributed by atoms with Crippen molar-refractivity contribution < 1.29 is 0 Å². The number of thiophene rings is 1. The normalized spacial score (nSPS) is 12.6. The van der Waals surface area contributed by atoms with E-state index in [-0.39, 0.29) is 0 Å². The van der Waals surface area contributed by atoms with Crippen LogP contribution in [-0.2, 0) is 6.42 Å². The molecule has 18 heavy (non-hydrogen) atoms. The molecule has 0 fully saturated rings. The monoisotopic (exact) mass is 259 g/mol. The maximum absolute atomic E-state index is 3.44. The van der Waals surface area contributed by atoms with Crippen molar-refractivity contribution in [1.29, 1.82) is 0 Å². The highest BCUT2D eigenvalue weighted by atomic mass is 32.1. The smallest absolute Gasteiger partial charge is 0.0415 e. The van der Waals surface area contributed by atoms with Gasteiger partial charge in [-0.25, -0.2) is 0 Å². The molecule has 1 aromatic carbocycles. The van der Waals surface area contributed by atoms with Gasteiger partial charge in [0.05, 0.1) is 0 Å². The highest BCUT2D eigenvalue weighted by Gasteiger charge is 2.12. The third-order valence-electron chi connectivity index (χ3n) is 3.37. The first-order valence-electron chi connectivity index (χ1n) is 6.56. The van der Waals surface area contributed by atoms with Crippen LogP contribution in [0, 0.1) is 6.92 Å². The molecule has 0 aliphatic carbocycles. The van der Waals surface area contributed by atoms with E-state index in [2.05, 4.69) is 61.1 Å². The lowest BCUT2D eigenvalue weighted by Crippen LogP contribution is -2.16. The van der Waals surface area contributed by atoms with E-state index in [1.807, 2.05) is 11.3 Å². The van der Waals surface area contributed by atoms with E-state index in [9.17, 15) is 0 Å². The average Bonchev–Trinajstić information content (AvgIpc) is 2.82. The van der Waals surface area contributed by atoms with Gasteiger partial charge in [-0.15, -0.1) is 11.3 Å². The second kappa shape index (κ2) is 6.72. The van der Waals surface area contributed by atoms with Crippen molar-refractivity contribution >= 4 is 11.3 Å². The molecular weight excluding hydrogens is 238 g/mol. The summed E-state index contributed by atoms with van der Waals surface area (Å²) in [4.78, 5) is 1.49. The summed E-state index contributed by atoms with van der Waals surface area (Å²) in [5, 5.41) is 5.63. The molecular formula is C16H21NS. The summed E-state index contributed by atoms with van der Waals surface area (Å²) >= 11 is 1.87. The quantitative estimate of drug-likeness (QED) is 0.813. The number of rotatable bonds is 6. The topological polar surface area (TPSA) is 12.0 Å². The van der Waals surface area contributed by atoms with Crippen LogP contribution in [-0.4, -0.2) is 7.05 Å². The first-order chi connectivity index (χ1) is 8.81. The second-order valence-electron chi connectivity index (χ2n) is 4.69. The molecule has 1 heterocycles. The number of nitrogens with one attached hydrogen (secondary N) is 1. The second-order valence-corrected chi connectivity index (χ2v) is 5.63. The van der Waals surface area contributed by atoms with Gasteiger partial charge < -0.3 is 5.32 Å². The summed E-state index contributed by atoms with van der Waals surface area (Å²) in [6.07, 6.45) is 3.60. The van der Waals surface area contributed by atoms with Crippen LogP contribution in [0.4, 0.5) is 0 Å². The molecule has 1 nitrogen and oxygen atoms in total. The van der Waals surface area contributed by atoms with Crippen LogP contribution >= 0.6 is 11.3 Å². The standard InChI is InChI=1S/C16H21NS/c1-13-11-12-18-16(13)15(17-2)10-6-9-14-7-4-3-5-8-14/h3-5,7-8,11-12,15,17H,6,9-10H2,1-2H3. The van der Waals surface area contributed by atoms with Gasteiger partial charge in [-0.05, 0) is 55.8 Å². The van der Waals surface area contributed by atoms with E-state index in [0.717, 1.165) is 0 Å². The molecule has 0 spiro atoms. The molecule has 2 rings (SSSR count). The van der Waals surface area contributed by atoms with E-state index >= 15 is 0 Å². The lowest BCUT2D eigenvalue weighted by atomic mass is 10.0. The van der Waals surface area contributed by atoms with Crippen molar-refractivity contribution in [3.8, 4) is 0 Å². The fourth-order valence-electron chi connectivity index (χ4n) is 2.30. The Morgan fingerprint density at radius 3 is 2.56 bits per heavy atom. The predicted octanol–water partition coefficient (Wildman–Crippen LogP) is 4.34. The SMILES string of the molecule is CNC(CCCc1ccccc1)c1sccc1C. The fourth-order valence-corrected chi connectivity index (χ4v) is 3.38. The zero-order valence-corrected chi connectivity index (χ0v) is 12.0. The summed E-state index contributed by atoms with van der Waals surface area (Å²) in [7, 11) is 2.06. The summed E-state index contributed by atoms with van der Waals surface area (Å²) in [6, 6.07) is 13.5. The van der Waals surface area contributed by atoms with Crippen molar-refractivity contribution in [2.45, 2.75) is 32.2 Å². The number of hydrogen-bond acceptors (Lipinski definition) is 2. The molecule has 1 atom stereocenters. The Bertz CT molecular complexity index is 461. The van der Waals surface area contributed by atoms with E-state index in [1.165, 1.54) is 35.3 Å². The van der Waals surface area contributed by atoms with Gasteiger partial charge in [-0.1, -0.05) is 30.3 Å². The Hall–Kier alpha value is -1.12. The maximum Gasteiger partial charge on any atom is 0.0415 e. The van der Waals surface area contributed by atoms with Gasteiger partial charge in [0.15, 0.2) is 0 Å². The molecule has 0 bridgehead atoms. The molecule has 1 unspecified atom stereocenters. The largest absolute Gasteiger partial charge is 0.312 e. The van der Waals surface area contributed by atoms with Crippen LogP contribution < -0.4 is 5.32 Å². The molecule has 0 amide bonds. The molecule has 0 radical (unpaired) electrons. The Morgan fingerprint density at radius 2 is 1.94 bits per heavy atom. The minimum atomic E-state index is 0.508. The third-order valence-corrected chi connectivity index (χ3v) is 4.50. The van der Waals surface area contributed by atoms with Gasteiger partial charge in [-0.3, -0.25) is 0 Å². The lowest BCUT2D eigenvalue weighted by molar-refractivity contribution is 0.533. The lowest BCUT2D eigenvalue weighted by Gasteiger charge is -2.15. The van der Waals surface area contributed by atoms with Crippen molar-refractivity contribution in [1.82, 2.24) is 5.32 Å². The Kier molecular flexibility index (Phi) is 4.97. The molecule has 0 aliphatic heterocycles. The predicted molar refractivity (Wildman–Crippen MR) is 80.2 cm³/mol. The molecule has 2 aromatic rings. The molecule has 0 aliphatic rings. The minimum absolute atomic E-state index is 0.508. The first kappa shape index (κ1) is 13.3. The maximum atomic E-state index is 3.44. The molecule has 2 heteroatoms. The Morgan fingerprint density at radius 1 is 1.17 bits per heavy atom. The van der Waals surface area contributed by atoms with Crippen LogP contribution in [0.5, 0.6) is 0 Å². The van der Waals surface area contributed by atoms with E-state index < -0.39 is 0 Å². The zero-order valence-electron chi connectivity index (χ0n) is 11.1. The molecule has 1 aromatic heterocycles. The minimum Gasteiger partial charge on any atom is -0.312 e. The summed E-state index contributed by atoms with van der Waals surface area (Å²) < 4.78 is 0. The van der Waals surface area contributed by atoms with Gasteiger partial charge >= 0.3 is 0 Å². The number of aryl methyl sites for hydroxylation is 2. The van der Waals surface area contributed by atoms with Crippen LogP contribution in [0.1, 0.15) is 34.9 Å². The van der Waals surface area contributed by atoms with Gasteiger partial charge in [0, 0.05) is 10.9 Å². The van der Waals surface area contributed by atoms with Crippen LogP contribution in [0.25, 0.3) is 0 Å². The van der Waals surface area contributed by atoms with Crippen LogP contribution in [0.3, 0.4) is 0 Å². The van der Waals surface area contributed by atoms with Gasteiger partial charge in [0.25, 0.3) is 0 Å². The number of hydrogen-bond donors (Lipinski definition) is 1. The molecule has 96 valence electrons. The van der Waals surface area contributed by atoms with Crippen LogP contribution in [0.2, 0.25) is 0 Å². The summed E-state index contributed by atoms with van der Waals surface area (Å²) in [5.41, 5.74) is 2.86. The van der Waals surface area contributed by atoms with E-state index in [0.29, 0.717) is 6.04 Å². The van der Waals surface area contributed by atoms with Crippen LogP contribution in [0.15, 0.2) is 41.8 Å². The highest BCUT2D eigenvalue weighted by molar-refractivity contribution is 7.10. The molecule has 0 saturated heterocycles. The number of benzene rings is 1. The van der Waals surface area contributed by atoms with Gasteiger partial charge in [0.1, 0.15) is 0 Å². The molecule has 0 saturated carbocycles. The average molecular weight is 259 g/mol. The van der Waals surface area contributed by atoms with Crippen molar-refractivity contribution in [3.05, 3.63) is 57.8 Å². The fraction of sp³-hybridized carbons (Fsp3) is 0.375. The van der Waals surface area contributed by atoms with Crippen molar-refractivity contribution in [3.63, 3.8) is 0 Å². The Labute approximate surface area is 114 Å². The van der Waals surface area contributed by atoms with Crippen molar-refractivity contribution in [2.75, 3.05) is 7.05 Å². The zero-order chi connectivity index (χ0) is 12.8. The van der Waals surface area contributed by atoms with Gasteiger partial charge in [-0.2, -0.15) is 0 Å². The summed E-state index contributed by atoms with van der Waals surface area (Å²) in [5.74, 6) is 0. The first-order valence-corrected chi connectivity index (χ1v) is 7.44. The summed E-state index contributed by atoms with van der Waals surface area (Å²) in [6.45, 7) is 2.20. The van der Waals surface area contributed by atoms with Gasteiger partial charge in [0.2, 0.25) is 0 Å². The third kappa shape index (κ3) is 3.44. The van der Waals surface area contributed by atoms with E-state index in [1.54, 1.807) is 0 Å². The van der Waals surface area contributed by atoms with E-state index in [4.69, 9.17) is 0 Å².